The molecule has 7 nitrogen and oxygen atoms in total. The first-order chi connectivity index (χ1) is 16.7. The Kier molecular flexibility index (Phi) is 5.70. The lowest BCUT2D eigenvalue weighted by Crippen LogP contribution is -2.35. The number of carbonyl (C=O) groups excluding carboxylic acids is 2. The molecule has 4 aromatic rings. The molecule has 0 atom stereocenters. The van der Waals surface area contributed by atoms with Crippen LogP contribution in [0.25, 0.3) is 10.8 Å². The van der Waals surface area contributed by atoms with E-state index in [9.17, 15) is 18.0 Å². The molecule has 2 amide bonds. The molecule has 4 aromatic carbocycles. The summed E-state index contributed by atoms with van der Waals surface area (Å²) in [6.07, 6.45) is 0. The molecule has 0 spiro atoms. The van der Waals surface area contributed by atoms with Crippen molar-refractivity contribution in [2.45, 2.75) is 11.8 Å². The van der Waals surface area contributed by atoms with Gasteiger partial charge in [-0.05, 0) is 66.4 Å². The molecule has 176 valence electrons. The zero-order valence-electron chi connectivity index (χ0n) is 18.6. The Morgan fingerprint density at radius 3 is 2.34 bits per heavy atom. The molecule has 0 radical (unpaired) electrons. The lowest BCUT2D eigenvalue weighted by atomic mass is 10.1. The van der Waals surface area contributed by atoms with E-state index >= 15 is 0 Å². The number of nitrogens with zero attached hydrogens (tertiary/aromatic N) is 1. The fourth-order valence-corrected chi connectivity index (χ4v) is 5.30. The predicted molar refractivity (Wildman–Crippen MR) is 138 cm³/mol. The summed E-state index contributed by atoms with van der Waals surface area (Å²) in [7, 11) is -3.84. The van der Waals surface area contributed by atoms with Gasteiger partial charge in [0.2, 0.25) is 5.91 Å². The second kappa shape index (κ2) is 8.72. The van der Waals surface area contributed by atoms with Crippen molar-refractivity contribution in [2.24, 2.45) is 0 Å². The maximum Gasteiger partial charge on any atom is 0.261 e. The van der Waals surface area contributed by atoms with Gasteiger partial charge in [-0.25, -0.2) is 8.42 Å². The van der Waals surface area contributed by atoms with Crippen LogP contribution < -0.4 is 14.9 Å². The van der Waals surface area contributed by atoms with E-state index < -0.39 is 15.9 Å². The number of aryl methyl sites for hydroxylation is 1. The number of sulfonamides is 1. The molecule has 9 heteroatoms. The van der Waals surface area contributed by atoms with Crippen molar-refractivity contribution in [2.75, 3.05) is 21.5 Å². The minimum Gasteiger partial charge on any atom is -0.325 e. The Labute approximate surface area is 207 Å². The van der Waals surface area contributed by atoms with Crippen LogP contribution in [0.15, 0.2) is 83.8 Å². The first-order valence-corrected chi connectivity index (χ1v) is 12.6. The molecule has 1 aliphatic rings. The van der Waals surface area contributed by atoms with Gasteiger partial charge in [0.05, 0.1) is 16.3 Å². The molecular weight excluding hydrogens is 486 g/mol. The molecule has 1 aliphatic heterocycles. The number of amides is 2. The number of nitrogens with one attached hydrogen (secondary N) is 2. The maximum absolute atomic E-state index is 12.9. The summed E-state index contributed by atoms with van der Waals surface area (Å²) in [6.45, 7) is 1.66. The smallest absolute Gasteiger partial charge is 0.261 e. The summed E-state index contributed by atoms with van der Waals surface area (Å²) in [5.41, 5.74) is 2.87. The average Bonchev–Trinajstić information content (AvgIpc) is 3.09. The highest BCUT2D eigenvalue weighted by Crippen LogP contribution is 2.37. The van der Waals surface area contributed by atoms with Crippen LogP contribution in [-0.2, 0) is 14.8 Å². The molecule has 2 N–H and O–H groups in total. The van der Waals surface area contributed by atoms with Crippen molar-refractivity contribution in [3.63, 3.8) is 0 Å². The van der Waals surface area contributed by atoms with Crippen molar-refractivity contribution < 1.29 is 18.0 Å². The molecule has 0 saturated heterocycles. The van der Waals surface area contributed by atoms with E-state index in [4.69, 9.17) is 11.6 Å². The number of carbonyl (C=O) groups is 2. The van der Waals surface area contributed by atoms with Gasteiger partial charge in [-0.2, -0.15) is 0 Å². The van der Waals surface area contributed by atoms with Gasteiger partial charge in [0.15, 0.2) is 0 Å². The van der Waals surface area contributed by atoms with Gasteiger partial charge in [0, 0.05) is 21.7 Å². The van der Waals surface area contributed by atoms with Crippen LogP contribution in [-0.4, -0.2) is 26.8 Å². The lowest BCUT2D eigenvalue weighted by molar-refractivity contribution is -0.114. The van der Waals surface area contributed by atoms with E-state index in [1.165, 1.54) is 29.2 Å². The van der Waals surface area contributed by atoms with Crippen LogP contribution in [0.3, 0.4) is 0 Å². The highest BCUT2D eigenvalue weighted by Gasteiger charge is 2.30. The van der Waals surface area contributed by atoms with E-state index in [2.05, 4.69) is 10.0 Å². The largest absolute Gasteiger partial charge is 0.325 e. The van der Waals surface area contributed by atoms with Crippen molar-refractivity contribution in [3.05, 3.63) is 95.0 Å². The van der Waals surface area contributed by atoms with Crippen molar-refractivity contribution in [3.8, 4) is 0 Å². The fourth-order valence-electron chi connectivity index (χ4n) is 4.07. The van der Waals surface area contributed by atoms with Gasteiger partial charge in [-0.1, -0.05) is 41.9 Å². The molecule has 0 saturated carbocycles. The minimum absolute atomic E-state index is 0.0315. The molecule has 0 bridgehead atoms. The third kappa shape index (κ3) is 4.34. The normalized spacial score (nSPS) is 12.7. The summed E-state index contributed by atoms with van der Waals surface area (Å²) in [4.78, 5) is 27.1. The lowest BCUT2D eigenvalue weighted by Gasteiger charge is -2.17. The fraction of sp³-hybridized carbons (Fsp3) is 0.0769. The summed E-state index contributed by atoms with van der Waals surface area (Å²) >= 11 is 6.08. The second-order valence-electron chi connectivity index (χ2n) is 8.21. The van der Waals surface area contributed by atoms with Gasteiger partial charge < -0.3 is 5.32 Å². The summed E-state index contributed by atoms with van der Waals surface area (Å²) < 4.78 is 27.9. The van der Waals surface area contributed by atoms with Gasteiger partial charge in [-0.15, -0.1) is 0 Å². The van der Waals surface area contributed by atoms with Gasteiger partial charge >= 0.3 is 0 Å². The predicted octanol–water partition coefficient (Wildman–Crippen LogP) is 5.20. The molecule has 5 rings (SSSR count). The van der Waals surface area contributed by atoms with E-state index in [1.807, 2.05) is 37.3 Å². The van der Waals surface area contributed by atoms with Gasteiger partial charge in [0.1, 0.15) is 6.54 Å². The SMILES string of the molecule is Cc1ccc(NS(=O)(=O)c2ccc(NC(=O)CN3C(=O)c4cccc5cccc3c45)cc2)cc1Cl. The first kappa shape index (κ1) is 22.9. The van der Waals surface area contributed by atoms with Gasteiger partial charge in [0.25, 0.3) is 15.9 Å². The summed E-state index contributed by atoms with van der Waals surface area (Å²) in [6, 6.07) is 21.8. The Hall–Kier alpha value is -3.88. The third-order valence-electron chi connectivity index (χ3n) is 5.82. The Morgan fingerprint density at radius 1 is 0.943 bits per heavy atom. The van der Waals surface area contributed by atoms with Gasteiger partial charge in [-0.3, -0.25) is 19.2 Å². The zero-order chi connectivity index (χ0) is 24.7. The van der Waals surface area contributed by atoms with Crippen molar-refractivity contribution in [1.29, 1.82) is 0 Å². The van der Waals surface area contributed by atoms with Crippen LogP contribution in [0.2, 0.25) is 5.02 Å². The number of anilines is 3. The van der Waals surface area contributed by atoms with Crippen LogP contribution >= 0.6 is 11.6 Å². The number of benzene rings is 4. The monoisotopic (exact) mass is 505 g/mol. The molecule has 0 aliphatic carbocycles. The van der Waals surface area contributed by atoms with Crippen molar-refractivity contribution >= 4 is 61.3 Å². The quantitative estimate of drug-likeness (QED) is 0.376. The Balaban J connectivity index is 1.28. The number of halogens is 1. The second-order valence-corrected chi connectivity index (χ2v) is 10.3. The maximum atomic E-state index is 12.9. The van der Waals surface area contributed by atoms with Crippen LogP contribution in [0.1, 0.15) is 15.9 Å². The Bertz CT molecular complexity index is 1600. The molecule has 0 fully saturated rings. The van der Waals surface area contributed by atoms with E-state index in [0.717, 1.165) is 16.3 Å². The van der Waals surface area contributed by atoms with Crippen LogP contribution in [0, 0.1) is 6.92 Å². The molecular formula is C26H20ClN3O4S. The molecule has 0 unspecified atom stereocenters. The number of hydrogen-bond acceptors (Lipinski definition) is 4. The zero-order valence-corrected chi connectivity index (χ0v) is 20.2. The number of hydrogen-bond donors (Lipinski definition) is 2. The summed E-state index contributed by atoms with van der Waals surface area (Å²) in [5, 5.41) is 4.96. The molecule has 35 heavy (non-hydrogen) atoms. The minimum atomic E-state index is -3.84. The average molecular weight is 506 g/mol. The first-order valence-electron chi connectivity index (χ1n) is 10.8. The van der Waals surface area contributed by atoms with Crippen LogP contribution in [0.4, 0.5) is 17.1 Å². The standard InChI is InChI=1S/C26H20ClN3O4S/c1-16-8-9-19(14-22(16)27)29-35(33,34)20-12-10-18(11-13-20)28-24(31)15-30-23-7-3-5-17-4-2-6-21(25(17)23)26(30)32/h2-14,29H,15H2,1H3,(H,28,31). The van der Waals surface area contributed by atoms with E-state index in [0.29, 0.717) is 27.6 Å². The highest BCUT2D eigenvalue weighted by atomic mass is 35.5. The topological polar surface area (TPSA) is 95.6 Å². The molecule has 1 heterocycles. The van der Waals surface area contributed by atoms with E-state index in [-0.39, 0.29) is 17.3 Å². The third-order valence-corrected chi connectivity index (χ3v) is 7.63. The van der Waals surface area contributed by atoms with Crippen molar-refractivity contribution in [1.82, 2.24) is 0 Å². The summed E-state index contributed by atoms with van der Waals surface area (Å²) in [5.74, 6) is -0.623. The molecule has 0 aromatic heterocycles. The van der Waals surface area contributed by atoms with E-state index in [1.54, 1.807) is 24.3 Å². The highest BCUT2D eigenvalue weighted by molar-refractivity contribution is 7.92. The van der Waals surface area contributed by atoms with Crippen LogP contribution in [0.5, 0.6) is 0 Å². The number of rotatable bonds is 6. The Morgan fingerprint density at radius 2 is 1.63 bits per heavy atom.